The Morgan fingerprint density at radius 2 is 2.27 bits per heavy atom. The lowest BCUT2D eigenvalue weighted by Crippen LogP contribution is -2.12. The molecule has 0 saturated heterocycles. The van der Waals surface area contributed by atoms with E-state index in [1.165, 1.54) is 0 Å². The molecule has 0 aliphatic rings. The van der Waals surface area contributed by atoms with E-state index in [4.69, 9.17) is 11.1 Å². The fourth-order valence-corrected chi connectivity index (χ4v) is 0.784. The number of nitrogen functional groups attached to an aromatic ring is 1. The van der Waals surface area contributed by atoms with Gasteiger partial charge in [-0.05, 0) is 13.0 Å². The minimum atomic E-state index is -0.602. The normalized spacial score (nSPS) is 9.64. The van der Waals surface area contributed by atoms with Gasteiger partial charge in [-0.1, -0.05) is 0 Å². The van der Waals surface area contributed by atoms with Gasteiger partial charge in [0.1, 0.15) is 5.84 Å². The minimum Gasteiger partial charge on any atom is -0.384 e. The molecule has 0 radical (unpaired) electrons. The third kappa shape index (κ3) is 1.73. The zero-order valence-electron chi connectivity index (χ0n) is 6.06. The average molecular weight is 153 g/mol. The number of aromatic nitrogens is 1. The van der Waals surface area contributed by atoms with Crippen molar-refractivity contribution in [3.05, 3.63) is 29.3 Å². The first-order chi connectivity index (χ1) is 5.09. The van der Waals surface area contributed by atoms with Crippen LogP contribution in [0.3, 0.4) is 0 Å². The Bertz CT molecular complexity index is 275. The third-order valence-electron chi connectivity index (χ3n) is 1.23. The van der Waals surface area contributed by atoms with E-state index in [2.05, 4.69) is 4.98 Å². The van der Waals surface area contributed by atoms with Crippen molar-refractivity contribution in [2.45, 2.75) is 6.92 Å². The molecule has 0 fully saturated rings. The number of nitrogens with zero attached hydrogens (tertiary/aromatic N) is 1. The van der Waals surface area contributed by atoms with E-state index < -0.39 is 5.95 Å². The summed E-state index contributed by atoms with van der Waals surface area (Å²) in [6, 6.07) is 2.70. The zero-order valence-corrected chi connectivity index (χ0v) is 6.06. The Balaban J connectivity index is 3.19. The first kappa shape index (κ1) is 7.65. The number of nitrogens with two attached hydrogens (primary N) is 1. The number of pyridine rings is 1. The minimum absolute atomic E-state index is 0.144. The molecule has 1 rings (SSSR count). The van der Waals surface area contributed by atoms with Gasteiger partial charge in [0.2, 0.25) is 5.95 Å². The van der Waals surface area contributed by atoms with Crippen molar-refractivity contribution >= 4 is 5.84 Å². The predicted octanol–water partition coefficient (Wildman–Crippen LogP) is 0.813. The molecule has 0 saturated carbocycles. The van der Waals surface area contributed by atoms with Crippen molar-refractivity contribution < 1.29 is 4.39 Å². The summed E-state index contributed by atoms with van der Waals surface area (Å²) in [5.41, 5.74) is 6.03. The highest BCUT2D eigenvalue weighted by molar-refractivity contribution is 5.94. The summed E-state index contributed by atoms with van der Waals surface area (Å²) in [5, 5.41) is 7.01. The maximum atomic E-state index is 12.5. The van der Waals surface area contributed by atoms with E-state index in [1.807, 2.05) is 0 Å². The molecule has 0 unspecified atom stereocenters. The Morgan fingerprint density at radius 3 is 2.73 bits per heavy atom. The molecule has 1 heterocycles. The molecule has 0 amide bonds. The first-order valence-corrected chi connectivity index (χ1v) is 3.08. The van der Waals surface area contributed by atoms with Gasteiger partial charge in [-0.2, -0.15) is 4.39 Å². The van der Waals surface area contributed by atoms with Crippen LogP contribution in [0.2, 0.25) is 0 Å². The van der Waals surface area contributed by atoms with E-state index in [-0.39, 0.29) is 5.84 Å². The number of aryl methyl sites for hydroxylation is 1. The molecule has 0 aliphatic carbocycles. The van der Waals surface area contributed by atoms with Crippen LogP contribution in [-0.4, -0.2) is 10.8 Å². The Kier molecular flexibility index (Phi) is 1.85. The van der Waals surface area contributed by atoms with Crippen LogP contribution < -0.4 is 5.73 Å². The van der Waals surface area contributed by atoms with Crippen LogP contribution in [-0.2, 0) is 0 Å². The van der Waals surface area contributed by atoms with E-state index in [0.717, 1.165) is 6.07 Å². The van der Waals surface area contributed by atoms with E-state index >= 15 is 0 Å². The van der Waals surface area contributed by atoms with E-state index in [1.54, 1.807) is 13.0 Å². The summed E-state index contributed by atoms with van der Waals surface area (Å²) in [6.07, 6.45) is 0. The monoisotopic (exact) mass is 153 g/mol. The average Bonchev–Trinajstić information content (AvgIpc) is 1.85. The standard InChI is InChI=1S/C7H8FN3/c1-4-2-5(7(9)10)3-6(8)11-4/h2-3H,1H3,(H3,9,10). The Hall–Kier alpha value is -1.45. The van der Waals surface area contributed by atoms with Gasteiger partial charge < -0.3 is 5.73 Å². The molecule has 0 aromatic carbocycles. The van der Waals surface area contributed by atoms with Gasteiger partial charge >= 0.3 is 0 Å². The maximum absolute atomic E-state index is 12.5. The van der Waals surface area contributed by atoms with Crippen molar-refractivity contribution in [2.24, 2.45) is 5.73 Å². The molecular weight excluding hydrogens is 145 g/mol. The summed E-state index contributed by atoms with van der Waals surface area (Å²) < 4.78 is 12.5. The predicted molar refractivity (Wildman–Crippen MR) is 39.9 cm³/mol. The Labute approximate surface area is 63.6 Å². The van der Waals surface area contributed by atoms with Crippen LogP contribution in [0.15, 0.2) is 12.1 Å². The molecule has 0 spiro atoms. The molecule has 0 atom stereocenters. The van der Waals surface area contributed by atoms with Gasteiger partial charge in [0.25, 0.3) is 0 Å². The number of hydrogen-bond acceptors (Lipinski definition) is 2. The highest BCUT2D eigenvalue weighted by Gasteiger charge is 2.00. The van der Waals surface area contributed by atoms with Gasteiger partial charge in [-0.3, -0.25) is 5.41 Å². The van der Waals surface area contributed by atoms with E-state index in [9.17, 15) is 4.39 Å². The van der Waals surface area contributed by atoms with Gasteiger partial charge in [0, 0.05) is 17.3 Å². The third-order valence-corrected chi connectivity index (χ3v) is 1.23. The van der Waals surface area contributed by atoms with Gasteiger partial charge in [0.05, 0.1) is 0 Å². The highest BCUT2D eigenvalue weighted by Crippen LogP contribution is 2.02. The lowest BCUT2D eigenvalue weighted by atomic mass is 10.2. The van der Waals surface area contributed by atoms with Crippen LogP contribution in [0.5, 0.6) is 0 Å². The quantitative estimate of drug-likeness (QED) is 0.356. The lowest BCUT2D eigenvalue weighted by Gasteiger charge is -1.98. The summed E-state index contributed by atoms with van der Waals surface area (Å²) >= 11 is 0. The molecule has 0 aliphatic heterocycles. The SMILES string of the molecule is Cc1cc(C(=N)N)cc(F)n1. The first-order valence-electron chi connectivity index (χ1n) is 3.08. The molecule has 3 N–H and O–H groups in total. The number of nitrogens with one attached hydrogen (secondary N) is 1. The lowest BCUT2D eigenvalue weighted by molar-refractivity contribution is 0.579. The molecular formula is C7H8FN3. The van der Waals surface area contributed by atoms with Crippen molar-refractivity contribution in [3.8, 4) is 0 Å². The van der Waals surface area contributed by atoms with Crippen molar-refractivity contribution in [3.63, 3.8) is 0 Å². The number of rotatable bonds is 1. The maximum Gasteiger partial charge on any atom is 0.213 e. The Morgan fingerprint density at radius 1 is 1.64 bits per heavy atom. The molecule has 0 bridgehead atoms. The second-order valence-electron chi connectivity index (χ2n) is 2.23. The van der Waals surface area contributed by atoms with Crippen LogP contribution >= 0.6 is 0 Å². The van der Waals surface area contributed by atoms with Gasteiger partial charge in [0.15, 0.2) is 0 Å². The topological polar surface area (TPSA) is 62.8 Å². The van der Waals surface area contributed by atoms with Crippen molar-refractivity contribution in [2.75, 3.05) is 0 Å². The zero-order chi connectivity index (χ0) is 8.43. The van der Waals surface area contributed by atoms with Gasteiger partial charge in [-0.15, -0.1) is 0 Å². The number of halogens is 1. The van der Waals surface area contributed by atoms with Crippen molar-refractivity contribution in [1.29, 1.82) is 5.41 Å². The highest BCUT2D eigenvalue weighted by atomic mass is 19.1. The fourth-order valence-electron chi connectivity index (χ4n) is 0.784. The number of hydrogen-bond donors (Lipinski definition) is 2. The molecule has 3 nitrogen and oxygen atoms in total. The molecule has 4 heteroatoms. The number of amidine groups is 1. The van der Waals surface area contributed by atoms with Crippen LogP contribution in [0, 0.1) is 18.3 Å². The summed E-state index contributed by atoms with van der Waals surface area (Å²) in [5.74, 6) is -0.746. The summed E-state index contributed by atoms with van der Waals surface area (Å²) in [6.45, 7) is 1.65. The second kappa shape index (κ2) is 2.65. The van der Waals surface area contributed by atoms with E-state index in [0.29, 0.717) is 11.3 Å². The van der Waals surface area contributed by atoms with Gasteiger partial charge in [-0.25, -0.2) is 4.98 Å². The molecule has 11 heavy (non-hydrogen) atoms. The largest absolute Gasteiger partial charge is 0.384 e. The second-order valence-corrected chi connectivity index (χ2v) is 2.23. The van der Waals surface area contributed by atoms with Crippen LogP contribution in [0.1, 0.15) is 11.3 Å². The summed E-state index contributed by atoms with van der Waals surface area (Å²) in [7, 11) is 0. The summed E-state index contributed by atoms with van der Waals surface area (Å²) in [4.78, 5) is 3.50. The molecule has 1 aromatic heterocycles. The van der Waals surface area contributed by atoms with Crippen LogP contribution in [0.4, 0.5) is 4.39 Å². The molecule has 1 aromatic rings. The van der Waals surface area contributed by atoms with Crippen molar-refractivity contribution in [1.82, 2.24) is 4.98 Å². The van der Waals surface area contributed by atoms with Crippen LogP contribution in [0.25, 0.3) is 0 Å². The fraction of sp³-hybridized carbons (Fsp3) is 0.143. The smallest absolute Gasteiger partial charge is 0.213 e. The molecule has 58 valence electrons.